The maximum atomic E-state index is 12.4. The van der Waals surface area contributed by atoms with Crippen molar-refractivity contribution in [2.24, 2.45) is 0 Å². The van der Waals surface area contributed by atoms with Gasteiger partial charge in [-0.2, -0.15) is 5.26 Å². The second-order valence-corrected chi connectivity index (χ2v) is 6.14. The van der Waals surface area contributed by atoms with Crippen LogP contribution in [-0.2, 0) is 9.53 Å². The maximum Gasteiger partial charge on any atom is 0.342 e. The van der Waals surface area contributed by atoms with Crippen molar-refractivity contribution in [3.05, 3.63) is 53.6 Å². The topological polar surface area (TPSA) is 88.4 Å². The van der Waals surface area contributed by atoms with Crippen LogP contribution < -0.4 is 10.1 Å². The molecule has 2 aromatic carbocycles. The van der Waals surface area contributed by atoms with Gasteiger partial charge in [-0.15, -0.1) is 11.8 Å². The number of anilines is 1. The second-order valence-electron chi connectivity index (χ2n) is 5.26. The molecule has 7 heteroatoms. The molecule has 0 fully saturated rings. The quantitative estimate of drug-likeness (QED) is 0.619. The summed E-state index contributed by atoms with van der Waals surface area (Å²) in [6.07, 6.45) is 0.873. The number of hydrogen-bond acceptors (Lipinski definition) is 6. The minimum atomic E-state index is -1.04. The van der Waals surface area contributed by atoms with Gasteiger partial charge in [0.05, 0.1) is 18.4 Å². The van der Waals surface area contributed by atoms with E-state index >= 15 is 0 Å². The van der Waals surface area contributed by atoms with E-state index < -0.39 is 18.0 Å². The first kappa shape index (κ1) is 19.3. The standard InChI is InChI=1S/C19H18N2O4S/c1-12(18(22)21-16-7-5-4-6-13(16)11-20)25-19(23)15-9-8-14(26-3)10-17(15)24-2/h4-10,12H,1-3H3,(H,21,22)/t12-/m0/s1. The molecule has 1 amide bonds. The minimum Gasteiger partial charge on any atom is -0.496 e. The summed E-state index contributed by atoms with van der Waals surface area (Å²) in [7, 11) is 1.46. The number of ether oxygens (including phenoxy) is 2. The number of rotatable bonds is 6. The number of nitrogens with one attached hydrogen (secondary N) is 1. The predicted octanol–water partition coefficient (Wildman–Crippen LogP) is 3.47. The number of hydrogen-bond donors (Lipinski definition) is 1. The van der Waals surface area contributed by atoms with Gasteiger partial charge in [-0.05, 0) is 43.5 Å². The lowest BCUT2D eigenvalue weighted by atomic mass is 10.2. The highest BCUT2D eigenvalue weighted by molar-refractivity contribution is 7.98. The van der Waals surface area contributed by atoms with Gasteiger partial charge >= 0.3 is 5.97 Å². The van der Waals surface area contributed by atoms with Crippen LogP contribution in [-0.4, -0.2) is 31.3 Å². The van der Waals surface area contributed by atoms with Crippen molar-refractivity contribution in [3.8, 4) is 11.8 Å². The summed E-state index contributed by atoms with van der Waals surface area (Å²) >= 11 is 1.52. The molecule has 0 aromatic heterocycles. The molecule has 0 saturated heterocycles. The maximum absolute atomic E-state index is 12.4. The molecule has 1 N–H and O–H groups in total. The summed E-state index contributed by atoms with van der Waals surface area (Å²) in [4.78, 5) is 25.6. The SMILES string of the molecule is COc1cc(SC)ccc1C(=O)O[C@@H](C)C(=O)Nc1ccccc1C#N. The molecule has 0 unspecified atom stereocenters. The van der Waals surface area contributed by atoms with Crippen molar-refractivity contribution in [1.29, 1.82) is 5.26 Å². The summed E-state index contributed by atoms with van der Waals surface area (Å²) < 4.78 is 10.5. The van der Waals surface area contributed by atoms with Gasteiger partial charge in [-0.1, -0.05) is 12.1 Å². The first-order chi connectivity index (χ1) is 12.5. The molecule has 26 heavy (non-hydrogen) atoms. The lowest BCUT2D eigenvalue weighted by Gasteiger charge is -2.15. The normalized spacial score (nSPS) is 11.2. The number of carbonyl (C=O) groups excluding carboxylic acids is 2. The lowest BCUT2D eigenvalue weighted by molar-refractivity contribution is -0.123. The number of para-hydroxylation sites is 1. The van der Waals surface area contributed by atoms with Gasteiger partial charge in [0.2, 0.25) is 0 Å². The van der Waals surface area contributed by atoms with Crippen molar-refractivity contribution in [1.82, 2.24) is 0 Å². The van der Waals surface area contributed by atoms with Gasteiger partial charge in [0.15, 0.2) is 6.10 Å². The number of amides is 1. The fourth-order valence-electron chi connectivity index (χ4n) is 2.17. The average molecular weight is 370 g/mol. The molecule has 6 nitrogen and oxygen atoms in total. The Morgan fingerprint density at radius 2 is 1.96 bits per heavy atom. The molecule has 0 spiro atoms. The van der Waals surface area contributed by atoms with Crippen LogP contribution in [0.1, 0.15) is 22.8 Å². The molecule has 134 valence electrons. The van der Waals surface area contributed by atoms with Gasteiger partial charge in [-0.3, -0.25) is 4.79 Å². The Bertz CT molecular complexity index is 861. The minimum absolute atomic E-state index is 0.238. The number of carbonyl (C=O) groups is 2. The van der Waals surface area contributed by atoms with Crippen LogP contribution in [0.15, 0.2) is 47.4 Å². The van der Waals surface area contributed by atoms with E-state index in [-0.39, 0.29) is 5.56 Å². The van der Waals surface area contributed by atoms with E-state index in [1.54, 1.807) is 42.5 Å². The molecule has 2 rings (SSSR count). The molecule has 0 heterocycles. The fourth-order valence-corrected chi connectivity index (χ4v) is 2.60. The van der Waals surface area contributed by atoms with Crippen LogP contribution in [0.2, 0.25) is 0 Å². The van der Waals surface area contributed by atoms with E-state index in [4.69, 9.17) is 14.7 Å². The Morgan fingerprint density at radius 1 is 1.23 bits per heavy atom. The van der Waals surface area contributed by atoms with E-state index in [9.17, 15) is 9.59 Å². The highest BCUT2D eigenvalue weighted by Crippen LogP contribution is 2.26. The predicted molar refractivity (Wildman–Crippen MR) is 99.4 cm³/mol. The van der Waals surface area contributed by atoms with Crippen LogP contribution >= 0.6 is 11.8 Å². The van der Waals surface area contributed by atoms with Crippen molar-refractivity contribution in [2.75, 3.05) is 18.7 Å². The van der Waals surface area contributed by atoms with Crippen LogP contribution in [0.4, 0.5) is 5.69 Å². The Labute approximate surface area is 156 Å². The van der Waals surface area contributed by atoms with Crippen molar-refractivity contribution in [2.45, 2.75) is 17.9 Å². The first-order valence-electron chi connectivity index (χ1n) is 7.73. The van der Waals surface area contributed by atoms with Gasteiger partial charge < -0.3 is 14.8 Å². The molecule has 0 bridgehead atoms. The monoisotopic (exact) mass is 370 g/mol. The smallest absolute Gasteiger partial charge is 0.342 e. The Balaban J connectivity index is 2.09. The van der Waals surface area contributed by atoms with Crippen molar-refractivity contribution < 1.29 is 19.1 Å². The molecular formula is C19H18N2O4S. The summed E-state index contributed by atoms with van der Waals surface area (Å²) in [5.41, 5.74) is 0.931. The molecular weight excluding hydrogens is 352 g/mol. The lowest BCUT2D eigenvalue weighted by Crippen LogP contribution is -2.30. The zero-order chi connectivity index (χ0) is 19.1. The molecule has 0 aliphatic rings. The average Bonchev–Trinajstić information content (AvgIpc) is 2.67. The summed E-state index contributed by atoms with van der Waals surface area (Å²) in [6.45, 7) is 1.46. The van der Waals surface area contributed by atoms with Gasteiger partial charge in [0.25, 0.3) is 5.91 Å². The zero-order valence-corrected chi connectivity index (χ0v) is 15.4. The van der Waals surface area contributed by atoms with E-state index in [0.717, 1.165) is 4.90 Å². The highest BCUT2D eigenvalue weighted by Gasteiger charge is 2.22. The number of nitriles is 1. The number of esters is 1. The Hall–Kier alpha value is -2.98. The van der Waals surface area contributed by atoms with Gasteiger partial charge in [0, 0.05) is 4.90 Å². The number of thioether (sulfide) groups is 1. The molecule has 2 aromatic rings. The molecule has 1 atom stereocenters. The van der Waals surface area contributed by atoms with Gasteiger partial charge in [-0.25, -0.2) is 4.79 Å². The fraction of sp³-hybridized carbons (Fsp3) is 0.211. The number of nitrogens with zero attached hydrogens (tertiary/aromatic N) is 1. The third-order valence-corrected chi connectivity index (χ3v) is 4.31. The summed E-state index contributed by atoms with van der Waals surface area (Å²) in [5.74, 6) is -0.809. The Morgan fingerprint density at radius 3 is 2.62 bits per heavy atom. The molecule has 0 saturated carbocycles. The first-order valence-corrected chi connectivity index (χ1v) is 8.95. The number of methoxy groups -OCH3 is 1. The molecule has 0 radical (unpaired) electrons. The van der Waals surface area contributed by atoms with Crippen LogP contribution in [0.3, 0.4) is 0 Å². The molecule has 0 aliphatic heterocycles. The third kappa shape index (κ3) is 4.55. The van der Waals surface area contributed by atoms with E-state index in [1.165, 1.54) is 25.8 Å². The van der Waals surface area contributed by atoms with E-state index in [2.05, 4.69) is 5.32 Å². The summed E-state index contributed by atoms with van der Waals surface area (Å²) in [5, 5.41) is 11.7. The van der Waals surface area contributed by atoms with E-state index in [1.807, 2.05) is 12.3 Å². The Kier molecular flexibility index (Phi) is 6.64. The largest absolute Gasteiger partial charge is 0.496 e. The summed E-state index contributed by atoms with van der Waals surface area (Å²) in [6, 6.07) is 13.7. The van der Waals surface area contributed by atoms with Crippen LogP contribution in [0.5, 0.6) is 5.75 Å². The van der Waals surface area contributed by atoms with Crippen molar-refractivity contribution in [3.63, 3.8) is 0 Å². The van der Waals surface area contributed by atoms with Crippen LogP contribution in [0.25, 0.3) is 0 Å². The molecule has 0 aliphatic carbocycles. The zero-order valence-electron chi connectivity index (χ0n) is 14.6. The highest BCUT2D eigenvalue weighted by atomic mass is 32.2. The number of benzene rings is 2. The van der Waals surface area contributed by atoms with Crippen LogP contribution in [0, 0.1) is 11.3 Å². The third-order valence-electron chi connectivity index (χ3n) is 3.59. The second kappa shape index (κ2) is 8.92. The van der Waals surface area contributed by atoms with Gasteiger partial charge in [0.1, 0.15) is 17.4 Å². The van der Waals surface area contributed by atoms with Crippen molar-refractivity contribution >= 4 is 29.3 Å². The van der Waals surface area contributed by atoms with E-state index in [0.29, 0.717) is 17.0 Å².